The molecule has 0 aliphatic heterocycles. The number of aryl methyl sites for hydroxylation is 3. The summed E-state index contributed by atoms with van der Waals surface area (Å²) in [6, 6.07) is 2.02. The predicted molar refractivity (Wildman–Crippen MR) is 106 cm³/mol. The molecule has 1 amide bonds. The van der Waals surface area contributed by atoms with Gasteiger partial charge in [0.15, 0.2) is 5.65 Å². The minimum atomic E-state index is -4.96. The molecule has 0 fully saturated rings. The molecule has 3 aromatic heterocycles. The van der Waals surface area contributed by atoms with Crippen molar-refractivity contribution < 1.29 is 23.1 Å². The van der Waals surface area contributed by atoms with Gasteiger partial charge < -0.3 is 15.0 Å². The van der Waals surface area contributed by atoms with Gasteiger partial charge in [-0.15, -0.1) is 0 Å². The van der Waals surface area contributed by atoms with Gasteiger partial charge >= 0.3 is 6.18 Å². The number of imidazole rings is 1. The van der Waals surface area contributed by atoms with Crippen LogP contribution in [0.25, 0.3) is 5.65 Å². The van der Waals surface area contributed by atoms with Crippen LogP contribution >= 0.6 is 0 Å². The summed E-state index contributed by atoms with van der Waals surface area (Å²) in [5.74, 6) is -1.01. The Hall–Kier alpha value is -3.46. The van der Waals surface area contributed by atoms with Crippen molar-refractivity contribution in [2.24, 2.45) is 7.05 Å². The molecular formula is C20H22F3N7O2. The maximum absolute atomic E-state index is 13.5. The molecule has 0 bridgehead atoms. The lowest BCUT2D eigenvalue weighted by molar-refractivity contribution is -0.272. The molecule has 0 aromatic carbocycles. The monoisotopic (exact) mass is 449 g/mol. The van der Waals surface area contributed by atoms with Crippen LogP contribution in [0.15, 0.2) is 18.6 Å². The molecule has 32 heavy (non-hydrogen) atoms. The number of nitrogens with zero attached hydrogens (tertiary/aromatic N) is 6. The number of carbonyl (C=O) groups is 1. The fraction of sp³-hybridized carbons (Fsp3) is 0.450. The number of halogens is 3. The smallest absolute Gasteiger partial charge is 0.374 e. The van der Waals surface area contributed by atoms with Crippen LogP contribution in [0.1, 0.15) is 41.2 Å². The molecule has 0 saturated heterocycles. The molecule has 0 radical (unpaired) electrons. The largest absolute Gasteiger partial charge is 0.424 e. The number of aromatic nitrogens is 5. The highest BCUT2D eigenvalue weighted by Crippen LogP contribution is 2.40. The number of rotatable bonds is 7. The first-order valence-electron chi connectivity index (χ1n) is 9.77. The predicted octanol–water partition coefficient (Wildman–Crippen LogP) is 1.84. The van der Waals surface area contributed by atoms with E-state index in [-0.39, 0.29) is 19.4 Å². The van der Waals surface area contributed by atoms with Crippen molar-refractivity contribution in [3.63, 3.8) is 0 Å². The third-order valence-corrected chi connectivity index (χ3v) is 5.40. The number of alkyl halides is 3. The van der Waals surface area contributed by atoms with E-state index in [1.807, 2.05) is 6.07 Å². The van der Waals surface area contributed by atoms with Gasteiger partial charge in [-0.1, -0.05) is 0 Å². The van der Waals surface area contributed by atoms with Crippen LogP contribution < -0.4 is 5.32 Å². The molecule has 1 unspecified atom stereocenters. The van der Waals surface area contributed by atoms with Crippen molar-refractivity contribution in [2.45, 2.75) is 44.9 Å². The summed E-state index contributed by atoms with van der Waals surface area (Å²) in [6.07, 6.45) is -1.56. The summed E-state index contributed by atoms with van der Waals surface area (Å²) in [5, 5.41) is 26.0. The maximum Gasteiger partial charge on any atom is 0.424 e. The number of aliphatic hydroxyl groups is 1. The Morgan fingerprint density at radius 2 is 2.06 bits per heavy atom. The van der Waals surface area contributed by atoms with Gasteiger partial charge in [0.05, 0.1) is 6.20 Å². The van der Waals surface area contributed by atoms with Gasteiger partial charge in [-0.25, -0.2) is 14.5 Å². The molecule has 0 saturated carbocycles. The minimum Gasteiger partial charge on any atom is -0.374 e. The third-order valence-electron chi connectivity index (χ3n) is 5.40. The van der Waals surface area contributed by atoms with Crippen LogP contribution in [0.2, 0.25) is 0 Å². The molecule has 2 N–H and O–H groups in total. The van der Waals surface area contributed by atoms with E-state index in [4.69, 9.17) is 5.26 Å². The highest BCUT2D eigenvalue weighted by atomic mass is 19.4. The molecule has 3 rings (SSSR count). The second kappa shape index (κ2) is 8.58. The number of nitrogens with one attached hydrogen (secondary N) is 1. The molecule has 3 heterocycles. The Morgan fingerprint density at radius 3 is 2.66 bits per heavy atom. The zero-order valence-corrected chi connectivity index (χ0v) is 17.7. The fourth-order valence-electron chi connectivity index (χ4n) is 3.61. The zero-order chi connectivity index (χ0) is 23.7. The third kappa shape index (κ3) is 4.16. The lowest BCUT2D eigenvalue weighted by Crippen LogP contribution is -2.46. The molecule has 0 spiro atoms. The molecular weight excluding hydrogens is 427 g/mol. The fourth-order valence-corrected chi connectivity index (χ4v) is 3.61. The maximum atomic E-state index is 13.5. The summed E-state index contributed by atoms with van der Waals surface area (Å²) in [6.45, 7) is 3.16. The Kier molecular flexibility index (Phi) is 6.23. The number of nitriles is 1. The van der Waals surface area contributed by atoms with E-state index in [9.17, 15) is 23.1 Å². The van der Waals surface area contributed by atoms with Crippen LogP contribution in [0.4, 0.5) is 13.2 Å². The van der Waals surface area contributed by atoms with E-state index in [0.717, 1.165) is 15.8 Å². The molecule has 0 aliphatic rings. The summed E-state index contributed by atoms with van der Waals surface area (Å²) in [4.78, 5) is 20.3. The normalized spacial score (nSPS) is 13.7. The van der Waals surface area contributed by atoms with Gasteiger partial charge in [0.25, 0.3) is 0 Å². The van der Waals surface area contributed by atoms with Crippen molar-refractivity contribution in [1.29, 1.82) is 5.26 Å². The zero-order valence-electron chi connectivity index (χ0n) is 17.7. The number of carbonyl (C=O) groups excluding carboxylic acids is 1. The van der Waals surface area contributed by atoms with E-state index in [1.54, 1.807) is 13.8 Å². The molecule has 1 atom stereocenters. The minimum absolute atomic E-state index is 0.00803. The van der Waals surface area contributed by atoms with Gasteiger partial charge in [0, 0.05) is 50.2 Å². The second-order valence-corrected chi connectivity index (χ2v) is 7.49. The van der Waals surface area contributed by atoms with E-state index >= 15 is 0 Å². The van der Waals surface area contributed by atoms with Crippen molar-refractivity contribution in [1.82, 2.24) is 29.5 Å². The van der Waals surface area contributed by atoms with Gasteiger partial charge in [-0.05, 0) is 25.8 Å². The van der Waals surface area contributed by atoms with Gasteiger partial charge in [-0.2, -0.15) is 23.5 Å². The number of hydrogen-bond acceptors (Lipinski definition) is 6. The molecule has 0 aliphatic carbocycles. The topological polar surface area (TPSA) is 121 Å². The van der Waals surface area contributed by atoms with Crippen LogP contribution in [-0.2, 0) is 23.9 Å². The number of fused-ring (bicyclic) bond motifs is 1. The highest BCUT2D eigenvalue weighted by molar-refractivity contribution is 5.76. The lowest BCUT2D eigenvalue weighted by Gasteiger charge is -2.30. The first kappa shape index (κ1) is 23.2. The summed E-state index contributed by atoms with van der Waals surface area (Å²) >= 11 is 0. The van der Waals surface area contributed by atoms with Crippen molar-refractivity contribution in [2.75, 3.05) is 6.54 Å². The Bertz CT molecular complexity index is 1190. The Labute approximate surface area is 181 Å². The van der Waals surface area contributed by atoms with Crippen molar-refractivity contribution >= 4 is 11.6 Å². The van der Waals surface area contributed by atoms with Crippen molar-refractivity contribution in [3.8, 4) is 6.07 Å². The lowest BCUT2D eigenvalue weighted by atomic mass is 9.97. The van der Waals surface area contributed by atoms with Gasteiger partial charge in [-0.3, -0.25) is 4.79 Å². The summed E-state index contributed by atoms with van der Waals surface area (Å²) in [7, 11) is 1.35. The summed E-state index contributed by atoms with van der Waals surface area (Å²) < 4.78 is 43.2. The number of amides is 1. The van der Waals surface area contributed by atoms with Crippen molar-refractivity contribution in [3.05, 3.63) is 46.9 Å². The molecule has 12 heteroatoms. The molecule has 9 nitrogen and oxygen atoms in total. The first-order chi connectivity index (χ1) is 15.0. The second-order valence-electron chi connectivity index (χ2n) is 7.49. The Balaban J connectivity index is 1.65. The van der Waals surface area contributed by atoms with E-state index in [1.165, 1.54) is 30.2 Å². The standard InChI is InChI=1S/C20H22F3N7O2/c1-12-15(13(2)30-17(28-12)14(10-24)11-27-30)4-5-16(31)25-7-6-19(32,20(21,22)23)18-26-8-9-29(18)3/h8-9,11,32H,4-7H2,1-3H3,(H,25,31). The highest BCUT2D eigenvalue weighted by Gasteiger charge is 2.57. The van der Waals surface area contributed by atoms with E-state index in [2.05, 4.69) is 20.4 Å². The van der Waals surface area contributed by atoms with Crippen LogP contribution in [0.3, 0.4) is 0 Å². The van der Waals surface area contributed by atoms with Crippen LogP contribution in [0, 0.1) is 25.2 Å². The molecule has 3 aromatic rings. The Morgan fingerprint density at radius 1 is 1.34 bits per heavy atom. The average molecular weight is 449 g/mol. The van der Waals surface area contributed by atoms with Gasteiger partial charge in [0.2, 0.25) is 11.5 Å². The van der Waals surface area contributed by atoms with Gasteiger partial charge in [0.1, 0.15) is 17.5 Å². The number of hydrogen-bond donors (Lipinski definition) is 2. The SMILES string of the molecule is Cc1nc2c(C#N)cnn2c(C)c1CCC(=O)NCCC(O)(c1nccn1C)C(F)(F)F. The quantitative estimate of drug-likeness (QED) is 0.568. The van der Waals surface area contributed by atoms with Crippen LogP contribution in [0.5, 0.6) is 0 Å². The van der Waals surface area contributed by atoms with Crippen LogP contribution in [-0.4, -0.2) is 47.9 Å². The summed E-state index contributed by atoms with van der Waals surface area (Å²) in [5.41, 5.74) is -0.287. The first-order valence-corrected chi connectivity index (χ1v) is 9.77. The van der Waals surface area contributed by atoms with E-state index < -0.39 is 29.9 Å². The molecule has 170 valence electrons. The van der Waals surface area contributed by atoms with E-state index in [0.29, 0.717) is 16.9 Å². The average Bonchev–Trinajstić information content (AvgIpc) is 3.32.